The maximum Gasteiger partial charge on any atom is 0.0564 e. The van der Waals surface area contributed by atoms with Crippen LogP contribution in [-0.2, 0) is 5.41 Å². The lowest BCUT2D eigenvalue weighted by Crippen LogP contribution is -2.19. The molecule has 0 spiro atoms. The van der Waals surface area contributed by atoms with Crippen LogP contribution in [0.2, 0.25) is 0 Å². The van der Waals surface area contributed by atoms with Crippen LogP contribution >= 0.6 is 11.3 Å². The number of hydrogen-bond acceptors (Lipinski definition) is 3. The summed E-state index contributed by atoms with van der Waals surface area (Å²) in [7, 11) is 0. The summed E-state index contributed by atoms with van der Waals surface area (Å²) in [4.78, 5) is 4.95. The molecule has 0 atom stereocenters. The van der Waals surface area contributed by atoms with Gasteiger partial charge in [0.05, 0.1) is 11.4 Å². The Bertz CT molecular complexity index is 2830. The summed E-state index contributed by atoms with van der Waals surface area (Å²) in [6, 6.07) is 69.2. The molecule has 9 aromatic rings. The highest BCUT2D eigenvalue weighted by molar-refractivity contribution is 7.25. The van der Waals surface area contributed by atoms with Crippen molar-refractivity contribution in [1.29, 1.82) is 0 Å². The smallest absolute Gasteiger partial charge is 0.0564 e. The van der Waals surface area contributed by atoms with E-state index in [-0.39, 0.29) is 5.41 Å². The molecule has 1 heterocycles. The standard InChI is InChI=1S/C54H46N2S/c1-37-23-27-43(28-24-37)55(45-20-14-19-41(33-45)39-15-8-6-9-16-39)49-34-42(54(3,4)5)35-50(53(49)40-17-10-7-11-18-40)56(44-29-25-38(2)26-30-44)46-31-32-48-47-21-12-13-22-51(47)57-52(48)36-46/h6-36H,1-5H3. The summed E-state index contributed by atoms with van der Waals surface area (Å²) in [5.74, 6) is 0. The highest BCUT2D eigenvalue weighted by atomic mass is 32.1. The third kappa shape index (κ3) is 7.12. The van der Waals surface area contributed by atoms with Crippen LogP contribution in [0, 0.1) is 13.8 Å². The number of thiophene rings is 1. The fraction of sp³-hybridized carbons (Fsp3) is 0.111. The summed E-state index contributed by atoms with van der Waals surface area (Å²) < 4.78 is 2.58. The van der Waals surface area contributed by atoms with Gasteiger partial charge in [-0.3, -0.25) is 0 Å². The number of fused-ring (bicyclic) bond motifs is 3. The van der Waals surface area contributed by atoms with E-state index in [1.54, 1.807) is 0 Å². The average Bonchev–Trinajstić information content (AvgIpc) is 3.61. The Kier molecular flexibility index (Phi) is 9.48. The largest absolute Gasteiger partial charge is 0.310 e. The fourth-order valence-electron chi connectivity index (χ4n) is 7.85. The van der Waals surface area contributed by atoms with Gasteiger partial charge in [-0.05, 0) is 108 Å². The molecule has 0 unspecified atom stereocenters. The number of rotatable bonds is 8. The molecule has 0 saturated carbocycles. The van der Waals surface area contributed by atoms with Crippen LogP contribution in [0.25, 0.3) is 42.4 Å². The van der Waals surface area contributed by atoms with Crippen molar-refractivity contribution in [1.82, 2.24) is 0 Å². The van der Waals surface area contributed by atoms with Gasteiger partial charge in [0.25, 0.3) is 0 Å². The van der Waals surface area contributed by atoms with Crippen molar-refractivity contribution >= 4 is 65.6 Å². The highest BCUT2D eigenvalue weighted by Gasteiger charge is 2.28. The molecule has 0 aliphatic heterocycles. The second-order valence-electron chi connectivity index (χ2n) is 16.0. The van der Waals surface area contributed by atoms with Crippen LogP contribution < -0.4 is 9.80 Å². The van der Waals surface area contributed by atoms with Gasteiger partial charge in [-0.15, -0.1) is 11.3 Å². The lowest BCUT2D eigenvalue weighted by Gasteiger charge is -2.35. The molecule has 8 aromatic carbocycles. The topological polar surface area (TPSA) is 6.48 Å². The Morgan fingerprint density at radius 1 is 0.386 bits per heavy atom. The molecule has 0 saturated heterocycles. The zero-order valence-electron chi connectivity index (χ0n) is 33.2. The van der Waals surface area contributed by atoms with Crippen molar-refractivity contribution in [2.24, 2.45) is 0 Å². The maximum atomic E-state index is 2.48. The summed E-state index contributed by atoms with van der Waals surface area (Å²) in [5, 5.41) is 2.60. The Morgan fingerprint density at radius 2 is 0.877 bits per heavy atom. The third-order valence-corrected chi connectivity index (χ3v) is 12.1. The molecule has 0 radical (unpaired) electrons. The summed E-state index contributed by atoms with van der Waals surface area (Å²) in [6.07, 6.45) is 0. The maximum absolute atomic E-state index is 2.48. The van der Waals surface area contributed by atoms with E-state index < -0.39 is 0 Å². The summed E-state index contributed by atoms with van der Waals surface area (Å²) >= 11 is 1.86. The first-order chi connectivity index (χ1) is 27.7. The van der Waals surface area contributed by atoms with Crippen LogP contribution in [0.4, 0.5) is 34.1 Å². The third-order valence-electron chi connectivity index (χ3n) is 10.9. The zero-order chi connectivity index (χ0) is 39.1. The average molecular weight is 755 g/mol. The minimum atomic E-state index is -0.155. The number of nitrogens with zero attached hydrogens (tertiary/aromatic N) is 2. The monoisotopic (exact) mass is 754 g/mol. The van der Waals surface area contributed by atoms with Gasteiger partial charge in [0, 0.05) is 48.5 Å². The van der Waals surface area contributed by atoms with Gasteiger partial charge >= 0.3 is 0 Å². The number of benzene rings is 8. The molecule has 9 rings (SSSR count). The molecule has 1 aromatic heterocycles. The van der Waals surface area contributed by atoms with E-state index in [1.165, 1.54) is 48.0 Å². The second-order valence-corrected chi connectivity index (χ2v) is 17.1. The molecule has 0 aliphatic rings. The molecule has 278 valence electrons. The molecule has 0 N–H and O–H groups in total. The van der Waals surface area contributed by atoms with E-state index in [4.69, 9.17) is 0 Å². The molecule has 0 aliphatic carbocycles. The molecular formula is C54H46N2S. The normalized spacial score (nSPS) is 11.6. The van der Waals surface area contributed by atoms with Gasteiger partial charge in [0.15, 0.2) is 0 Å². The minimum Gasteiger partial charge on any atom is -0.310 e. The Balaban J connectivity index is 1.38. The van der Waals surface area contributed by atoms with Crippen LogP contribution in [0.5, 0.6) is 0 Å². The van der Waals surface area contributed by atoms with Crippen molar-refractivity contribution in [3.63, 3.8) is 0 Å². The second kappa shape index (κ2) is 14.9. The van der Waals surface area contributed by atoms with Crippen LogP contribution in [0.3, 0.4) is 0 Å². The van der Waals surface area contributed by atoms with Crippen molar-refractivity contribution in [3.05, 3.63) is 205 Å². The molecule has 2 nitrogen and oxygen atoms in total. The summed E-state index contributed by atoms with van der Waals surface area (Å²) in [6.45, 7) is 11.3. The van der Waals surface area contributed by atoms with Crippen molar-refractivity contribution < 1.29 is 0 Å². The van der Waals surface area contributed by atoms with Crippen molar-refractivity contribution in [2.45, 2.75) is 40.0 Å². The van der Waals surface area contributed by atoms with Gasteiger partial charge < -0.3 is 9.80 Å². The van der Waals surface area contributed by atoms with E-state index >= 15 is 0 Å². The van der Waals surface area contributed by atoms with E-state index in [0.717, 1.165) is 45.3 Å². The SMILES string of the molecule is Cc1ccc(N(c2cccc(-c3ccccc3)c2)c2cc(C(C)(C)C)cc(N(c3ccc(C)cc3)c3ccc4c(c3)sc3ccccc34)c2-c2ccccc2)cc1. The van der Waals surface area contributed by atoms with Gasteiger partial charge in [-0.1, -0.05) is 153 Å². The van der Waals surface area contributed by atoms with Crippen LogP contribution in [-0.4, -0.2) is 0 Å². The lowest BCUT2D eigenvalue weighted by molar-refractivity contribution is 0.590. The Morgan fingerprint density at radius 3 is 1.47 bits per heavy atom. The molecule has 0 amide bonds. The number of hydrogen-bond donors (Lipinski definition) is 0. The molecule has 0 fully saturated rings. The van der Waals surface area contributed by atoms with Gasteiger partial charge in [-0.25, -0.2) is 0 Å². The molecular weight excluding hydrogens is 709 g/mol. The van der Waals surface area contributed by atoms with Crippen LogP contribution in [0.15, 0.2) is 188 Å². The first-order valence-electron chi connectivity index (χ1n) is 19.8. The summed E-state index contributed by atoms with van der Waals surface area (Å²) in [5.41, 5.74) is 14.9. The van der Waals surface area contributed by atoms with Gasteiger partial charge in [0.2, 0.25) is 0 Å². The number of anilines is 6. The fourth-order valence-corrected chi connectivity index (χ4v) is 8.99. The van der Waals surface area contributed by atoms with E-state index in [9.17, 15) is 0 Å². The minimum absolute atomic E-state index is 0.155. The van der Waals surface area contributed by atoms with E-state index in [2.05, 4.69) is 232 Å². The first-order valence-corrected chi connectivity index (χ1v) is 20.6. The van der Waals surface area contributed by atoms with Crippen molar-refractivity contribution in [2.75, 3.05) is 9.80 Å². The van der Waals surface area contributed by atoms with Gasteiger partial charge in [0.1, 0.15) is 0 Å². The van der Waals surface area contributed by atoms with E-state index in [0.29, 0.717) is 0 Å². The lowest BCUT2D eigenvalue weighted by atomic mass is 9.84. The first kappa shape index (κ1) is 36.2. The van der Waals surface area contributed by atoms with Crippen LogP contribution in [0.1, 0.15) is 37.5 Å². The predicted octanol–water partition coefficient (Wildman–Crippen LogP) is 16.2. The molecule has 3 heteroatoms. The van der Waals surface area contributed by atoms with E-state index in [1.807, 2.05) is 11.3 Å². The van der Waals surface area contributed by atoms with Gasteiger partial charge in [-0.2, -0.15) is 0 Å². The zero-order valence-corrected chi connectivity index (χ0v) is 34.0. The Labute approximate surface area is 340 Å². The molecule has 57 heavy (non-hydrogen) atoms. The predicted molar refractivity (Wildman–Crippen MR) is 248 cm³/mol. The number of aryl methyl sites for hydroxylation is 2. The Hall–Kier alpha value is -6.42. The quantitative estimate of drug-likeness (QED) is 0.152. The van der Waals surface area contributed by atoms with Crippen molar-refractivity contribution in [3.8, 4) is 22.3 Å². The molecule has 0 bridgehead atoms. The highest BCUT2D eigenvalue weighted by Crippen LogP contribution is 2.51.